The molecule has 2 heterocycles. The van der Waals surface area contributed by atoms with Crippen LogP contribution in [0.2, 0.25) is 0 Å². The summed E-state index contributed by atoms with van der Waals surface area (Å²) < 4.78 is 0. The topological polar surface area (TPSA) is 88.0 Å². The van der Waals surface area contributed by atoms with Gasteiger partial charge in [0, 0.05) is 5.56 Å². The normalized spacial score (nSPS) is 10.4. The fourth-order valence-electron chi connectivity index (χ4n) is 1.81. The first-order valence-electron chi connectivity index (χ1n) is 5.88. The van der Waals surface area contributed by atoms with Crippen molar-refractivity contribution in [1.82, 2.24) is 15.0 Å². The van der Waals surface area contributed by atoms with Crippen molar-refractivity contribution in [3.8, 4) is 17.1 Å². The zero-order valence-corrected chi connectivity index (χ0v) is 10.3. The molecular formula is C14H10N4O2. The van der Waals surface area contributed by atoms with Crippen molar-refractivity contribution in [3.63, 3.8) is 0 Å². The quantitative estimate of drug-likeness (QED) is 0.707. The number of benzene rings is 1. The van der Waals surface area contributed by atoms with E-state index in [1.54, 1.807) is 42.7 Å². The Hall–Kier alpha value is -3.02. The van der Waals surface area contributed by atoms with Crippen molar-refractivity contribution in [2.75, 3.05) is 5.32 Å². The number of nitrogens with one attached hydrogen (secondary N) is 1. The maximum absolute atomic E-state index is 10.4. The number of hydrogen-bond acceptors (Lipinski definition) is 5. The summed E-state index contributed by atoms with van der Waals surface area (Å²) in [6, 6.07) is 8.34. The average molecular weight is 266 g/mol. The summed E-state index contributed by atoms with van der Waals surface area (Å²) in [6.07, 6.45) is 3.75. The van der Waals surface area contributed by atoms with E-state index in [0.29, 0.717) is 29.0 Å². The minimum atomic E-state index is 0.189. The minimum Gasteiger partial charge on any atom is -0.508 e. The van der Waals surface area contributed by atoms with Crippen molar-refractivity contribution >= 4 is 23.1 Å². The van der Waals surface area contributed by atoms with Crippen LogP contribution >= 0.6 is 0 Å². The van der Waals surface area contributed by atoms with E-state index in [-0.39, 0.29) is 5.75 Å². The maximum atomic E-state index is 10.4. The van der Waals surface area contributed by atoms with Crippen LogP contribution in [0.1, 0.15) is 0 Å². The molecule has 0 saturated carbocycles. The van der Waals surface area contributed by atoms with Crippen LogP contribution in [0, 0.1) is 0 Å². The van der Waals surface area contributed by atoms with E-state index in [9.17, 15) is 9.90 Å². The predicted octanol–water partition coefficient (Wildman–Crippen LogP) is 1.97. The van der Waals surface area contributed by atoms with Gasteiger partial charge in [0.1, 0.15) is 11.3 Å². The highest BCUT2D eigenvalue weighted by Crippen LogP contribution is 2.21. The van der Waals surface area contributed by atoms with Gasteiger partial charge in [0.2, 0.25) is 6.41 Å². The summed E-state index contributed by atoms with van der Waals surface area (Å²) in [4.78, 5) is 23.2. The largest absolute Gasteiger partial charge is 0.508 e. The first-order valence-corrected chi connectivity index (χ1v) is 5.88. The van der Waals surface area contributed by atoms with E-state index in [1.807, 2.05) is 0 Å². The summed E-state index contributed by atoms with van der Waals surface area (Å²) in [6.45, 7) is 0. The molecule has 0 fully saturated rings. The van der Waals surface area contributed by atoms with Gasteiger partial charge in [-0.3, -0.25) is 9.78 Å². The van der Waals surface area contributed by atoms with Crippen LogP contribution in [0.4, 0.5) is 5.69 Å². The highest BCUT2D eigenvalue weighted by molar-refractivity contribution is 5.82. The molecule has 0 bridgehead atoms. The second-order valence-corrected chi connectivity index (χ2v) is 4.13. The second kappa shape index (κ2) is 4.93. The molecule has 0 aliphatic carbocycles. The highest BCUT2D eigenvalue weighted by atomic mass is 16.3. The summed E-state index contributed by atoms with van der Waals surface area (Å²) in [7, 11) is 0. The third-order valence-electron chi connectivity index (χ3n) is 2.78. The molecule has 0 aliphatic rings. The van der Waals surface area contributed by atoms with Gasteiger partial charge in [-0.15, -0.1) is 0 Å². The number of carbonyl (C=O) groups excluding carboxylic acids is 1. The summed E-state index contributed by atoms with van der Waals surface area (Å²) in [5.74, 6) is 0.719. The van der Waals surface area contributed by atoms with Crippen LogP contribution in [-0.2, 0) is 4.79 Å². The van der Waals surface area contributed by atoms with Crippen LogP contribution in [0.5, 0.6) is 5.75 Å². The van der Waals surface area contributed by atoms with Crippen LogP contribution in [-0.4, -0.2) is 26.5 Å². The van der Waals surface area contributed by atoms with Gasteiger partial charge in [0.25, 0.3) is 0 Å². The Morgan fingerprint density at radius 2 is 1.85 bits per heavy atom. The zero-order valence-electron chi connectivity index (χ0n) is 10.3. The molecule has 0 unspecified atom stereocenters. The Morgan fingerprint density at radius 1 is 1.05 bits per heavy atom. The number of phenolic OH excluding ortho intramolecular Hbond substituents is 1. The smallest absolute Gasteiger partial charge is 0.211 e. The Kier molecular flexibility index (Phi) is 2.96. The lowest BCUT2D eigenvalue weighted by Gasteiger charge is -2.04. The molecule has 3 aromatic rings. The van der Waals surface area contributed by atoms with Gasteiger partial charge in [-0.25, -0.2) is 9.97 Å². The number of amides is 1. The molecule has 0 radical (unpaired) electrons. The third-order valence-corrected chi connectivity index (χ3v) is 2.78. The van der Waals surface area contributed by atoms with Crippen molar-refractivity contribution < 1.29 is 9.90 Å². The van der Waals surface area contributed by atoms with Gasteiger partial charge < -0.3 is 10.4 Å². The molecule has 0 aliphatic heterocycles. The molecule has 3 rings (SSSR count). The lowest BCUT2D eigenvalue weighted by Crippen LogP contribution is -1.96. The zero-order chi connectivity index (χ0) is 13.9. The van der Waals surface area contributed by atoms with E-state index < -0.39 is 0 Å². The molecule has 98 valence electrons. The number of rotatable bonds is 3. The molecule has 2 N–H and O–H groups in total. The Bertz CT molecular complexity index is 772. The summed E-state index contributed by atoms with van der Waals surface area (Å²) in [5.41, 5.74) is 2.64. The number of nitrogens with zero attached hydrogens (tertiary/aromatic N) is 3. The summed E-state index contributed by atoms with van der Waals surface area (Å²) in [5, 5.41) is 11.8. The number of carbonyl (C=O) groups is 1. The Morgan fingerprint density at radius 3 is 2.60 bits per heavy atom. The molecular weight excluding hydrogens is 256 g/mol. The average Bonchev–Trinajstić information content (AvgIpc) is 2.48. The van der Waals surface area contributed by atoms with Gasteiger partial charge in [0.05, 0.1) is 23.6 Å². The molecule has 6 nitrogen and oxygen atoms in total. The monoisotopic (exact) mass is 266 g/mol. The molecule has 1 aromatic carbocycles. The number of hydrogen-bond donors (Lipinski definition) is 2. The van der Waals surface area contributed by atoms with Crippen molar-refractivity contribution in [3.05, 3.63) is 42.7 Å². The fourth-order valence-corrected chi connectivity index (χ4v) is 1.81. The third kappa shape index (κ3) is 2.26. The van der Waals surface area contributed by atoms with Gasteiger partial charge in [-0.05, 0) is 30.3 Å². The van der Waals surface area contributed by atoms with Crippen LogP contribution in [0.25, 0.3) is 22.4 Å². The number of fused-ring (bicyclic) bond motifs is 1. The van der Waals surface area contributed by atoms with E-state index in [1.165, 1.54) is 0 Å². The van der Waals surface area contributed by atoms with Gasteiger partial charge in [0.15, 0.2) is 5.82 Å². The number of aromatic nitrogens is 3. The fraction of sp³-hybridized carbons (Fsp3) is 0. The van der Waals surface area contributed by atoms with Crippen LogP contribution < -0.4 is 5.32 Å². The lowest BCUT2D eigenvalue weighted by atomic mass is 10.2. The van der Waals surface area contributed by atoms with Crippen molar-refractivity contribution in [2.45, 2.75) is 0 Å². The molecule has 20 heavy (non-hydrogen) atoms. The first kappa shape index (κ1) is 12.0. The molecule has 6 heteroatoms. The van der Waals surface area contributed by atoms with Gasteiger partial charge in [-0.2, -0.15) is 0 Å². The van der Waals surface area contributed by atoms with Crippen molar-refractivity contribution in [1.29, 1.82) is 0 Å². The standard InChI is InChI=1S/C14H10N4O2/c19-8-17-10-5-12-13(15-6-10)7-16-14(18-12)9-1-3-11(20)4-2-9/h1-8,20H,(H,17,19). The maximum Gasteiger partial charge on any atom is 0.211 e. The number of aromatic hydroxyl groups is 1. The Balaban J connectivity index is 2.08. The summed E-state index contributed by atoms with van der Waals surface area (Å²) >= 11 is 0. The van der Waals surface area contributed by atoms with E-state index in [2.05, 4.69) is 20.3 Å². The van der Waals surface area contributed by atoms with E-state index >= 15 is 0 Å². The van der Waals surface area contributed by atoms with Gasteiger partial charge >= 0.3 is 0 Å². The predicted molar refractivity (Wildman–Crippen MR) is 74.1 cm³/mol. The second-order valence-electron chi connectivity index (χ2n) is 4.13. The molecule has 0 atom stereocenters. The van der Waals surface area contributed by atoms with E-state index in [0.717, 1.165) is 5.56 Å². The number of pyridine rings is 1. The van der Waals surface area contributed by atoms with E-state index in [4.69, 9.17) is 0 Å². The minimum absolute atomic E-state index is 0.189. The molecule has 1 amide bonds. The van der Waals surface area contributed by atoms with Gasteiger partial charge in [-0.1, -0.05) is 0 Å². The molecule has 2 aromatic heterocycles. The van der Waals surface area contributed by atoms with Crippen molar-refractivity contribution in [2.24, 2.45) is 0 Å². The first-order chi connectivity index (χ1) is 9.76. The molecule has 0 spiro atoms. The molecule has 0 saturated heterocycles. The Labute approximate surface area is 114 Å². The van der Waals surface area contributed by atoms with Crippen LogP contribution in [0.15, 0.2) is 42.7 Å². The lowest BCUT2D eigenvalue weighted by molar-refractivity contribution is -0.105. The SMILES string of the molecule is O=CNc1cnc2cnc(-c3ccc(O)cc3)nc2c1. The number of phenols is 1. The van der Waals surface area contributed by atoms with Crippen LogP contribution in [0.3, 0.4) is 0 Å². The highest BCUT2D eigenvalue weighted by Gasteiger charge is 2.05. The number of anilines is 1.